The maximum atomic E-state index is 5.84. The molecule has 0 saturated heterocycles. The third kappa shape index (κ3) is 2.11. The molecule has 2 nitrogen and oxygen atoms in total. The molecule has 0 aliphatic carbocycles. The average Bonchev–Trinajstić information content (AvgIpc) is 2.74. The van der Waals surface area contributed by atoms with Crippen LogP contribution in [0.2, 0.25) is 4.34 Å². The molecule has 5 heteroatoms. The van der Waals surface area contributed by atoms with Crippen LogP contribution in [0.4, 0.5) is 0 Å². The summed E-state index contributed by atoms with van der Waals surface area (Å²) >= 11 is 13.0. The molecule has 0 spiro atoms. The van der Waals surface area contributed by atoms with E-state index in [-0.39, 0.29) is 0 Å². The first-order valence-electron chi connectivity index (χ1n) is 4.15. The van der Waals surface area contributed by atoms with Gasteiger partial charge in [0.25, 0.3) is 0 Å². The van der Waals surface area contributed by atoms with Gasteiger partial charge in [0, 0.05) is 12.3 Å². The monoisotopic (exact) mass is 246 g/mol. The Morgan fingerprint density at radius 2 is 2.29 bits per heavy atom. The van der Waals surface area contributed by atoms with Crippen LogP contribution in [0.5, 0.6) is 0 Å². The number of thiophene rings is 1. The largest absolute Gasteiger partial charge is 0.341 e. The second kappa shape index (κ2) is 4.34. The SMILES string of the molecule is ClCCc1ncc(-c2ccc(Cl)s2)[nH]1. The Hall–Kier alpha value is -0.510. The zero-order chi connectivity index (χ0) is 9.97. The number of H-pyrrole nitrogens is 1. The van der Waals surface area contributed by atoms with Crippen LogP contribution in [0, 0.1) is 0 Å². The first-order chi connectivity index (χ1) is 6.79. The lowest BCUT2D eigenvalue weighted by atomic mass is 10.4. The smallest absolute Gasteiger partial charge is 0.107 e. The van der Waals surface area contributed by atoms with Crippen molar-refractivity contribution < 1.29 is 0 Å². The molecule has 1 N–H and O–H groups in total. The summed E-state index contributed by atoms with van der Waals surface area (Å²) in [6.07, 6.45) is 2.57. The highest BCUT2D eigenvalue weighted by molar-refractivity contribution is 7.19. The number of nitrogens with one attached hydrogen (secondary N) is 1. The summed E-state index contributed by atoms with van der Waals surface area (Å²) in [6.45, 7) is 0. The topological polar surface area (TPSA) is 28.7 Å². The van der Waals surface area contributed by atoms with Gasteiger partial charge in [-0.25, -0.2) is 4.98 Å². The van der Waals surface area contributed by atoms with E-state index < -0.39 is 0 Å². The summed E-state index contributed by atoms with van der Waals surface area (Å²) in [5.41, 5.74) is 1.00. The van der Waals surface area contributed by atoms with E-state index in [0.29, 0.717) is 5.88 Å². The predicted molar refractivity (Wildman–Crippen MR) is 61.3 cm³/mol. The molecule has 0 atom stereocenters. The van der Waals surface area contributed by atoms with Gasteiger partial charge in [-0.05, 0) is 12.1 Å². The van der Waals surface area contributed by atoms with Crippen LogP contribution in [0.15, 0.2) is 18.3 Å². The minimum atomic E-state index is 0.581. The quantitative estimate of drug-likeness (QED) is 0.825. The summed E-state index contributed by atoms with van der Waals surface area (Å²) in [5.74, 6) is 1.50. The Kier molecular flexibility index (Phi) is 3.11. The molecule has 2 aromatic heterocycles. The number of aromatic amines is 1. The van der Waals surface area contributed by atoms with Crippen molar-refractivity contribution in [2.24, 2.45) is 0 Å². The Balaban J connectivity index is 2.24. The van der Waals surface area contributed by atoms with Crippen molar-refractivity contribution >= 4 is 34.5 Å². The Bertz CT molecular complexity index is 422. The summed E-state index contributed by atoms with van der Waals surface area (Å²) in [6, 6.07) is 3.86. The highest BCUT2D eigenvalue weighted by Crippen LogP contribution is 2.29. The highest BCUT2D eigenvalue weighted by Gasteiger charge is 2.05. The number of hydrogen-bond donors (Lipinski definition) is 1. The normalized spacial score (nSPS) is 10.7. The number of aromatic nitrogens is 2. The second-order valence-corrected chi connectivity index (χ2v) is 4.88. The van der Waals surface area contributed by atoms with Gasteiger partial charge in [-0.3, -0.25) is 0 Å². The van der Waals surface area contributed by atoms with Crippen molar-refractivity contribution in [2.45, 2.75) is 6.42 Å². The Labute approximate surface area is 95.9 Å². The molecule has 0 amide bonds. The molecular formula is C9H8Cl2N2S. The highest BCUT2D eigenvalue weighted by atomic mass is 35.5. The number of halogens is 2. The number of rotatable bonds is 3. The van der Waals surface area contributed by atoms with E-state index in [0.717, 1.165) is 27.2 Å². The fraction of sp³-hybridized carbons (Fsp3) is 0.222. The molecule has 0 aliphatic heterocycles. The molecule has 0 aliphatic rings. The summed E-state index contributed by atoms with van der Waals surface area (Å²) < 4.78 is 0.786. The van der Waals surface area contributed by atoms with Crippen LogP contribution in [-0.2, 0) is 6.42 Å². The fourth-order valence-electron chi connectivity index (χ4n) is 1.16. The average molecular weight is 247 g/mol. The van der Waals surface area contributed by atoms with Gasteiger partial charge in [-0.15, -0.1) is 22.9 Å². The first kappa shape index (κ1) is 10.0. The third-order valence-corrected chi connectivity index (χ3v) is 3.25. The van der Waals surface area contributed by atoms with Gasteiger partial charge in [-0.2, -0.15) is 0 Å². The van der Waals surface area contributed by atoms with E-state index in [1.807, 2.05) is 18.3 Å². The van der Waals surface area contributed by atoms with Gasteiger partial charge in [0.2, 0.25) is 0 Å². The Morgan fingerprint density at radius 3 is 2.93 bits per heavy atom. The standard InChI is InChI=1S/C9H8Cl2N2S/c10-4-3-9-12-5-6(13-9)7-1-2-8(11)14-7/h1-2,5H,3-4H2,(H,12,13). The molecule has 0 bridgehead atoms. The summed E-state index contributed by atoms with van der Waals surface area (Å²) in [5, 5.41) is 0. The van der Waals surface area contributed by atoms with Gasteiger partial charge in [-0.1, -0.05) is 11.6 Å². The number of alkyl halides is 1. The van der Waals surface area contributed by atoms with Crippen molar-refractivity contribution in [2.75, 3.05) is 5.88 Å². The molecular weight excluding hydrogens is 239 g/mol. The molecule has 0 radical (unpaired) electrons. The molecule has 74 valence electrons. The molecule has 0 saturated carbocycles. The van der Waals surface area contributed by atoms with Crippen LogP contribution in [0.25, 0.3) is 10.6 Å². The van der Waals surface area contributed by atoms with Crippen LogP contribution in [0.1, 0.15) is 5.82 Å². The lowest BCUT2D eigenvalue weighted by molar-refractivity contribution is 0.997. The predicted octanol–water partition coefficient (Wildman–Crippen LogP) is 3.57. The van der Waals surface area contributed by atoms with Gasteiger partial charge in [0.15, 0.2) is 0 Å². The van der Waals surface area contributed by atoms with Gasteiger partial charge >= 0.3 is 0 Å². The van der Waals surface area contributed by atoms with Crippen molar-refractivity contribution in [3.8, 4) is 10.6 Å². The van der Waals surface area contributed by atoms with E-state index in [9.17, 15) is 0 Å². The van der Waals surface area contributed by atoms with Crippen molar-refractivity contribution in [3.63, 3.8) is 0 Å². The molecule has 2 heterocycles. The lowest BCUT2D eigenvalue weighted by Gasteiger charge is -1.90. The zero-order valence-electron chi connectivity index (χ0n) is 7.26. The minimum absolute atomic E-state index is 0.581. The molecule has 2 aromatic rings. The fourth-order valence-corrected chi connectivity index (χ4v) is 2.35. The molecule has 0 unspecified atom stereocenters. The molecule has 0 aromatic carbocycles. The zero-order valence-corrected chi connectivity index (χ0v) is 9.59. The van der Waals surface area contributed by atoms with Crippen LogP contribution in [0.3, 0.4) is 0 Å². The summed E-state index contributed by atoms with van der Waals surface area (Å²) in [4.78, 5) is 8.52. The number of imidazole rings is 1. The Morgan fingerprint density at radius 1 is 1.43 bits per heavy atom. The third-order valence-electron chi connectivity index (χ3n) is 1.80. The van der Waals surface area contributed by atoms with Crippen molar-refractivity contribution in [3.05, 3.63) is 28.5 Å². The van der Waals surface area contributed by atoms with Crippen LogP contribution < -0.4 is 0 Å². The molecule has 2 rings (SSSR count). The van der Waals surface area contributed by atoms with E-state index in [1.165, 1.54) is 11.3 Å². The van der Waals surface area contributed by atoms with E-state index in [1.54, 1.807) is 0 Å². The lowest BCUT2D eigenvalue weighted by Crippen LogP contribution is -1.87. The molecule has 0 fully saturated rings. The van der Waals surface area contributed by atoms with E-state index >= 15 is 0 Å². The van der Waals surface area contributed by atoms with Gasteiger partial charge < -0.3 is 4.98 Å². The number of hydrogen-bond acceptors (Lipinski definition) is 2. The number of aryl methyl sites for hydroxylation is 1. The van der Waals surface area contributed by atoms with Crippen molar-refractivity contribution in [1.82, 2.24) is 9.97 Å². The van der Waals surface area contributed by atoms with Crippen LogP contribution >= 0.6 is 34.5 Å². The van der Waals surface area contributed by atoms with Gasteiger partial charge in [0.05, 0.1) is 21.1 Å². The number of nitrogens with zero attached hydrogens (tertiary/aromatic N) is 1. The van der Waals surface area contributed by atoms with E-state index in [2.05, 4.69) is 9.97 Å². The minimum Gasteiger partial charge on any atom is -0.341 e. The molecule has 14 heavy (non-hydrogen) atoms. The van der Waals surface area contributed by atoms with Crippen LogP contribution in [-0.4, -0.2) is 15.8 Å². The summed E-state index contributed by atoms with van der Waals surface area (Å²) in [7, 11) is 0. The first-order valence-corrected chi connectivity index (χ1v) is 5.88. The maximum Gasteiger partial charge on any atom is 0.107 e. The van der Waals surface area contributed by atoms with Gasteiger partial charge in [0.1, 0.15) is 5.82 Å². The van der Waals surface area contributed by atoms with Crippen molar-refractivity contribution in [1.29, 1.82) is 0 Å². The second-order valence-electron chi connectivity index (χ2n) is 2.79. The maximum absolute atomic E-state index is 5.84. The van der Waals surface area contributed by atoms with E-state index in [4.69, 9.17) is 23.2 Å².